The second-order valence-electron chi connectivity index (χ2n) is 10.4. The zero-order chi connectivity index (χ0) is 22.9. The van der Waals surface area contributed by atoms with E-state index in [0.717, 1.165) is 41.7 Å². The van der Waals surface area contributed by atoms with Crippen molar-refractivity contribution in [3.8, 4) is 0 Å². The Morgan fingerprint density at radius 3 is 2.58 bits per heavy atom. The Morgan fingerprint density at radius 1 is 1.06 bits per heavy atom. The summed E-state index contributed by atoms with van der Waals surface area (Å²) in [6.45, 7) is 6.81. The fourth-order valence-electron chi connectivity index (χ4n) is 6.28. The van der Waals surface area contributed by atoms with Gasteiger partial charge in [-0.25, -0.2) is 0 Å². The van der Waals surface area contributed by atoms with Gasteiger partial charge in [-0.1, -0.05) is 25.7 Å². The molecule has 5 rings (SSSR count). The molecule has 2 aliphatic heterocycles. The molecule has 7 heteroatoms. The van der Waals surface area contributed by atoms with Crippen LogP contribution in [0.4, 0.5) is 0 Å². The van der Waals surface area contributed by atoms with Crippen molar-refractivity contribution in [2.45, 2.75) is 102 Å². The molecule has 1 aliphatic carbocycles. The molecular formula is C26H38N4O2S. The van der Waals surface area contributed by atoms with Crippen molar-refractivity contribution in [1.82, 2.24) is 19.7 Å². The highest BCUT2D eigenvalue weighted by Crippen LogP contribution is 2.31. The number of likely N-dealkylation sites (tertiary alicyclic amines) is 1. The van der Waals surface area contributed by atoms with E-state index >= 15 is 0 Å². The summed E-state index contributed by atoms with van der Waals surface area (Å²) in [7, 11) is 0. The molecule has 4 heterocycles. The van der Waals surface area contributed by atoms with Crippen molar-refractivity contribution in [1.29, 1.82) is 0 Å². The molecule has 3 unspecified atom stereocenters. The molecule has 2 amide bonds. The van der Waals surface area contributed by atoms with E-state index in [4.69, 9.17) is 0 Å². The summed E-state index contributed by atoms with van der Waals surface area (Å²) in [6.07, 6.45) is 10.5. The second kappa shape index (κ2) is 9.79. The van der Waals surface area contributed by atoms with Crippen molar-refractivity contribution in [3.05, 3.63) is 23.2 Å². The summed E-state index contributed by atoms with van der Waals surface area (Å²) < 4.78 is 3.20. The first kappa shape index (κ1) is 22.9. The van der Waals surface area contributed by atoms with Gasteiger partial charge in [0.2, 0.25) is 5.91 Å². The maximum atomic E-state index is 13.6. The van der Waals surface area contributed by atoms with Gasteiger partial charge in [0.25, 0.3) is 5.91 Å². The number of amides is 2. The molecule has 180 valence electrons. The number of aromatic nitrogens is 1. The van der Waals surface area contributed by atoms with Crippen LogP contribution in [-0.2, 0) is 11.3 Å². The smallest absolute Gasteiger partial charge is 0.271 e. The number of carbonyl (C=O) groups is 2. The van der Waals surface area contributed by atoms with Crippen LogP contribution in [0.1, 0.15) is 82.1 Å². The molecule has 2 aromatic rings. The highest BCUT2D eigenvalue weighted by atomic mass is 32.1. The average Bonchev–Trinajstić information content (AvgIpc) is 3.40. The van der Waals surface area contributed by atoms with Crippen molar-refractivity contribution in [3.63, 3.8) is 0 Å². The summed E-state index contributed by atoms with van der Waals surface area (Å²) in [5.41, 5.74) is 1.81. The Kier molecular flexibility index (Phi) is 6.79. The molecule has 1 saturated carbocycles. The number of thiophene rings is 1. The van der Waals surface area contributed by atoms with Gasteiger partial charge >= 0.3 is 0 Å². The van der Waals surface area contributed by atoms with E-state index in [2.05, 4.69) is 40.1 Å². The van der Waals surface area contributed by atoms with Crippen molar-refractivity contribution >= 4 is 33.4 Å². The Labute approximate surface area is 201 Å². The lowest BCUT2D eigenvalue weighted by Gasteiger charge is -2.40. The van der Waals surface area contributed by atoms with Crippen LogP contribution in [0.3, 0.4) is 0 Å². The molecule has 0 bridgehead atoms. The minimum Gasteiger partial charge on any atom is -0.352 e. The number of hydrogen-bond acceptors (Lipinski definition) is 4. The molecule has 2 aromatic heterocycles. The largest absolute Gasteiger partial charge is 0.352 e. The summed E-state index contributed by atoms with van der Waals surface area (Å²) in [5, 5.41) is 5.37. The third kappa shape index (κ3) is 4.59. The van der Waals surface area contributed by atoms with Gasteiger partial charge in [0.15, 0.2) is 0 Å². The maximum absolute atomic E-state index is 13.6. The molecule has 3 aliphatic rings. The van der Waals surface area contributed by atoms with E-state index in [9.17, 15) is 9.59 Å². The molecule has 0 aromatic carbocycles. The Hall–Kier alpha value is -1.86. The molecular weight excluding hydrogens is 432 g/mol. The van der Waals surface area contributed by atoms with Crippen LogP contribution in [0.15, 0.2) is 17.5 Å². The lowest BCUT2D eigenvalue weighted by Crippen LogP contribution is -2.57. The van der Waals surface area contributed by atoms with Crippen LogP contribution in [0, 0.1) is 0 Å². The first-order chi connectivity index (χ1) is 16.0. The monoisotopic (exact) mass is 470 g/mol. The first-order valence-corrected chi connectivity index (χ1v) is 13.8. The van der Waals surface area contributed by atoms with Crippen LogP contribution < -0.4 is 5.32 Å². The van der Waals surface area contributed by atoms with E-state index in [1.165, 1.54) is 38.5 Å². The fraction of sp³-hybridized carbons (Fsp3) is 0.692. The SMILES string of the molecule is CC1CCCC(C)N1CCCN1C(=O)c2cc3sccc3n2CC1C(=O)NC1CCCCC1. The molecule has 6 nitrogen and oxygen atoms in total. The third-order valence-corrected chi connectivity index (χ3v) is 9.03. The van der Waals surface area contributed by atoms with Crippen molar-refractivity contribution in [2.24, 2.45) is 0 Å². The summed E-state index contributed by atoms with van der Waals surface area (Å²) in [6, 6.07) is 5.10. The summed E-state index contributed by atoms with van der Waals surface area (Å²) in [5.74, 6) is 0.0332. The number of rotatable bonds is 6. The number of nitrogens with zero attached hydrogens (tertiary/aromatic N) is 3. The Balaban J connectivity index is 1.33. The van der Waals surface area contributed by atoms with Crippen LogP contribution in [0.2, 0.25) is 0 Å². The number of carbonyl (C=O) groups excluding carboxylic acids is 2. The summed E-state index contributed by atoms with van der Waals surface area (Å²) in [4.78, 5) is 31.6. The van der Waals surface area contributed by atoms with Crippen LogP contribution in [0.25, 0.3) is 10.2 Å². The normalized spacial score (nSPS) is 27.2. The maximum Gasteiger partial charge on any atom is 0.271 e. The van der Waals surface area contributed by atoms with Gasteiger partial charge in [-0.15, -0.1) is 11.3 Å². The molecule has 1 saturated heterocycles. The predicted octanol–water partition coefficient (Wildman–Crippen LogP) is 4.63. The molecule has 1 N–H and O–H groups in total. The minimum absolute atomic E-state index is 0.00758. The topological polar surface area (TPSA) is 57.6 Å². The summed E-state index contributed by atoms with van der Waals surface area (Å²) >= 11 is 1.66. The van der Waals surface area contributed by atoms with Gasteiger partial charge in [-0.3, -0.25) is 14.5 Å². The van der Waals surface area contributed by atoms with Gasteiger partial charge in [0.1, 0.15) is 11.7 Å². The Bertz CT molecular complexity index is 982. The average molecular weight is 471 g/mol. The van der Waals surface area contributed by atoms with E-state index in [0.29, 0.717) is 25.2 Å². The Morgan fingerprint density at radius 2 is 1.82 bits per heavy atom. The van der Waals surface area contributed by atoms with Gasteiger partial charge in [-0.05, 0) is 63.5 Å². The van der Waals surface area contributed by atoms with Gasteiger partial charge in [0.05, 0.1) is 16.8 Å². The molecule has 0 radical (unpaired) electrons. The fourth-order valence-corrected chi connectivity index (χ4v) is 7.10. The quantitative estimate of drug-likeness (QED) is 0.670. The number of nitrogens with one attached hydrogen (secondary N) is 1. The van der Waals surface area contributed by atoms with E-state index in [1.807, 2.05) is 11.0 Å². The van der Waals surface area contributed by atoms with Gasteiger partial charge < -0.3 is 14.8 Å². The molecule has 2 fully saturated rings. The zero-order valence-electron chi connectivity index (χ0n) is 20.1. The second-order valence-corrected chi connectivity index (χ2v) is 11.3. The van der Waals surface area contributed by atoms with Crippen LogP contribution in [-0.4, -0.2) is 63.4 Å². The van der Waals surface area contributed by atoms with Crippen molar-refractivity contribution in [2.75, 3.05) is 13.1 Å². The molecule has 3 atom stereocenters. The van der Waals surface area contributed by atoms with Gasteiger partial charge in [0, 0.05) is 31.2 Å². The number of fused-ring (bicyclic) bond motifs is 3. The zero-order valence-corrected chi connectivity index (χ0v) is 20.9. The number of piperidine rings is 1. The van der Waals surface area contributed by atoms with Crippen molar-refractivity contribution < 1.29 is 9.59 Å². The predicted molar refractivity (Wildman–Crippen MR) is 134 cm³/mol. The van der Waals surface area contributed by atoms with E-state index in [-0.39, 0.29) is 17.9 Å². The van der Waals surface area contributed by atoms with Crippen LogP contribution in [0.5, 0.6) is 0 Å². The highest BCUT2D eigenvalue weighted by molar-refractivity contribution is 7.17. The highest BCUT2D eigenvalue weighted by Gasteiger charge is 2.38. The third-order valence-electron chi connectivity index (χ3n) is 8.18. The lowest BCUT2D eigenvalue weighted by atomic mass is 9.95. The molecule has 33 heavy (non-hydrogen) atoms. The minimum atomic E-state index is -0.432. The van der Waals surface area contributed by atoms with Crippen LogP contribution >= 0.6 is 11.3 Å². The standard InChI is InChI=1S/C26H38N4O2S/c1-18-8-6-9-19(2)28(18)13-7-14-29-23(25(31)27-20-10-4-3-5-11-20)17-30-21-12-15-33-24(21)16-22(30)26(29)32/h12,15-16,18-20,23H,3-11,13-14,17H2,1-2H3,(H,27,31). The lowest BCUT2D eigenvalue weighted by molar-refractivity contribution is -0.127. The van der Waals surface area contributed by atoms with E-state index < -0.39 is 6.04 Å². The number of hydrogen-bond donors (Lipinski definition) is 1. The van der Waals surface area contributed by atoms with E-state index in [1.54, 1.807) is 11.3 Å². The van der Waals surface area contributed by atoms with Gasteiger partial charge in [-0.2, -0.15) is 0 Å². The molecule has 0 spiro atoms. The first-order valence-electron chi connectivity index (χ1n) is 13.0.